The number of likely N-dealkylation sites (N-methyl/N-ethyl adjacent to an activating group) is 1. The molecule has 1 aliphatic carbocycles. The lowest BCUT2D eigenvalue weighted by Crippen LogP contribution is -2.35. The normalized spacial score (nSPS) is 16.2. The second-order valence-electron chi connectivity index (χ2n) is 3.49. The maximum Gasteiger partial charge on any atom is 0.246 e. The van der Waals surface area contributed by atoms with Gasteiger partial charge in [-0.05, 0) is 19.9 Å². The Balaban J connectivity index is 1.96. The van der Waals surface area contributed by atoms with E-state index in [9.17, 15) is 4.79 Å². The van der Waals surface area contributed by atoms with Gasteiger partial charge in [0.15, 0.2) is 0 Å². The van der Waals surface area contributed by atoms with Gasteiger partial charge < -0.3 is 15.0 Å². The SMILES string of the molecule is COCC(=O)NCCN(C)C1CC1. The molecular formula is C9H18N2O2. The smallest absolute Gasteiger partial charge is 0.246 e. The zero-order chi connectivity index (χ0) is 9.68. The van der Waals surface area contributed by atoms with E-state index >= 15 is 0 Å². The van der Waals surface area contributed by atoms with Crippen LogP contribution < -0.4 is 5.32 Å². The van der Waals surface area contributed by atoms with Crippen molar-refractivity contribution in [2.75, 3.05) is 33.9 Å². The minimum absolute atomic E-state index is 0.0355. The standard InChI is InChI=1S/C9H18N2O2/c1-11(8-3-4-8)6-5-10-9(12)7-13-2/h8H,3-7H2,1-2H3,(H,10,12). The highest BCUT2D eigenvalue weighted by Gasteiger charge is 2.25. The van der Waals surface area contributed by atoms with Gasteiger partial charge in [0.2, 0.25) is 5.91 Å². The van der Waals surface area contributed by atoms with E-state index in [0.29, 0.717) is 0 Å². The largest absolute Gasteiger partial charge is 0.375 e. The molecule has 0 bridgehead atoms. The number of amides is 1. The number of carbonyl (C=O) groups is 1. The molecule has 0 radical (unpaired) electrons. The summed E-state index contributed by atoms with van der Waals surface area (Å²) >= 11 is 0. The number of nitrogens with one attached hydrogen (secondary N) is 1. The Hall–Kier alpha value is -0.610. The molecule has 0 aromatic carbocycles. The van der Waals surface area contributed by atoms with E-state index in [1.807, 2.05) is 0 Å². The number of nitrogens with zero attached hydrogens (tertiary/aromatic N) is 1. The topological polar surface area (TPSA) is 41.6 Å². The number of hydrogen-bond acceptors (Lipinski definition) is 3. The molecule has 0 saturated heterocycles. The van der Waals surface area contributed by atoms with Gasteiger partial charge in [0.05, 0.1) is 0 Å². The van der Waals surface area contributed by atoms with Crippen molar-refractivity contribution in [1.29, 1.82) is 0 Å². The fourth-order valence-electron chi connectivity index (χ4n) is 1.25. The highest BCUT2D eigenvalue weighted by atomic mass is 16.5. The third-order valence-electron chi connectivity index (χ3n) is 2.23. The van der Waals surface area contributed by atoms with Gasteiger partial charge in [-0.3, -0.25) is 4.79 Å². The molecule has 0 unspecified atom stereocenters. The summed E-state index contributed by atoms with van der Waals surface area (Å²) in [7, 11) is 3.62. The highest BCUT2D eigenvalue weighted by molar-refractivity contribution is 5.77. The van der Waals surface area contributed by atoms with Gasteiger partial charge in [-0.1, -0.05) is 0 Å². The Bertz CT molecular complexity index is 169. The predicted molar refractivity (Wildman–Crippen MR) is 50.5 cm³/mol. The maximum absolute atomic E-state index is 11.0. The van der Waals surface area contributed by atoms with Crippen LogP contribution in [0.1, 0.15) is 12.8 Å². The van der Waals surface area contributed by atoms with Crippen molar-refractivity contribution in [1.82, 2.24) is 10.2 Å². The van der Waals surface area contributed by atoms with Crippen LogP contribution in [0.4, 0.5) is 0 Å². The summed E-state index contributed by atoms with van der Waals surface area (Å²) in [5.74, 6) is -0.0355. The average Bonchev–Trinajstić information content (AvgIpc) is 2.86. The lowest BCUT2D eigenvalue weighted by molar-refractivity contribution is -0.124. The quantitative estimate of drug-likeness (QED) is 0.627. The van der Waals surface area contributed by atoms with E-state index in [4.69, 9.17) is 4.74 Å². The van der Waals surface area contributed by atoms with E-state index in [1.54, 1.807) is 0 Å². The highest BCUT2D eigenvalue weighted by Crippen LogP contribution is 2.24. The second kappa shape index (κ2) is 5.19. The van der Waals surface area contributed by atoms with Crippen LogP contribution in [-0.2, 0) is 9.53 Å². The van der Waals surface area contributed by atoms with Crippen LogP contribution in [0.2, 0.25) is 0 Å². The molecular weight excluding hydrogens is 168 g/mol. The Labute approximate surface area is 79.2 Å². The summed E-state index contributed by atoms with van der Waals surface area (Å²) in [6.45, 7) is 1.81. The maximum atomic E-state index is 11.0. The van der Waals surface area contributed by atoms with Crippen LogP contribution in [0.15, 0.2) is 0 Å². The van der Waals surface area contributed by atoms with E-state index in [1.165, 1.54) is 20.0 Å². The Kier molecular flexibility index (Phi) is 4.18. The van der Waals surface area contributed by atoms with E-state index in [0.717, 1.165) is 19.1 Å². The summed E-state index contributed by atoms with van der Waals surface area (Å²) in [5.41, 5.74) is 0. The lowest BCUT2D eigenvalue weighted by Gasteiger charge is -2.15. The first kappa shape index (κ1) is 10.5. The molecule has 1 amide bonds. The second-order valence-corrected chi connectivity index (χ2v) is 3.49. The molecule has 0 atom stereocenters. The monoisotopic (exact) mass is 186 g/mol. The van der Waals surface area contributed by atoms with Crippen LogP contribution in [0.25, 0.3) is 0 Å². The van der Waals surface area contributed by atoms with Crippen molar-refractivity contribution in [3.63, 3.8) is 0 Å². The number of rotatable bonds is 6. The Morgan fingerprint density at radius 3 is 2.85 bits per heavy atom. The first-order chi connectivity index (χ1) is 6.24. The van der Waals surface area contributed by atoms with Crippen LogP contribution in [0, 0.1) is 0 Å². The molecule has 1 aliphatic rings. The van der Waals surface area contributed by atoms with Crippen LogP contribution in [-0.4, -0.2) is 50.7 Å². The van der Waals surface area contributed by atoms with Crippen molar-refractivity contribution in [3.8, 4) is 0 Å². The summed E-state index contributed by atoms with van der Waals surface area (Å²) in [6, 6.07) is 0.763. The summed E-state index contributed by atoms with van der Waals surface area (Å²) in [5, 5.41) is 2.79. The van der Waals surface area contributed by atoms with Crippen LogP contribution in [0.3, 0.4) is 0 Å². The number of hydrogen-bond donors (Lipinski definition) is 1. The van der Waals surface area contributed by atoms with Crippen LogP contribution in [0.5, 0.6) is 0 Å². The minimum Gasteiger partial charge on any atom is -0.375 e. The van der Waals surface area contributed by atoms with E-state index in [-0.39, 0.29) is 12.5 Å². The molecule has 0 spiro atoms. The molecule has 0 aromatic heterocycles. The average molecular weight is 186 g/mol. The third kappa shape index (κ3) is 4.24. The molecule has 0 aromatic rings. The summed E-state index contributed by atoms with van der Waals surface area (Å²) in [4.78, 5) is 13.2. The van der Waals surface area contributed by atoms with Crippen molar-refractivity contribution in [2.24, 2.45) is 0 Å². The lowest BCUT2D eigenvalue weighted by atomic mass is 10.5. The van der Waals surface area contributed by atoms with Crippen molar-refractivity contribution in [3.05, 3.63) is 0 Å². The summed E-state index contributed by atoms with van der Waals surface area (Å²) in [6.07, 6.45) is 2.62. The Morgan fingerprint density at radius 2 is 2.31 bits per heavy atom. The minimum atomic E-state index is -0.0355. The fraction of sp³-hybridized carbons (Fsp3) is 0.889. The van der Waals surface area contributed by atoms with Gasteiger partial charge in [-0.15, -0.1) is 0 Å². The first-order valence-electron chi connectivity index (χ1n) is 4.70. The molecule has 4 nitrogen and oxygen atoms in total. The van der Waals surface area contributed by atoms with Gasteiger partial charge in [-0.25, -0.2) is 0 Å². The van der Waals surface area contributed by atoms with Gasteiger partial charge in [-0.2, -0.15) is 0 Å². The fourth-order valence-corrected chi connectivity index (χ4v) is 1.25. The van der Waals surface area contributed by atoms with Crippen molar-refractivity contribution >= 4 is 5.91 Å². The van der Waals surface area contributed by atoms with E-state index in [2.05, 4.69) is 17.3 Å². The molecule has 1 N–H and O–H groups in total. The zero-order valence-electron chi connectivity index (χ0n) is 8.38. The molecule has 13 heavy (non-hydrogen) atoms. The third-order valence-corrected chi connectivity index (χ3v) is 2.23. The number of ether oxygens (including phenoxy) is 1. The number of carbonyl (C=O) groups excluding carboxylic acids is 1. The Morgan fingerprint density at radius 1 is 1.62 bits per heavy atom. The van der Waals surface area contributed by atoms with Crippen molar-refractivity contribution in [2.45, 2.75) is 18.9 Å². The molecule has 1 saturated carbocycles. The number of methoxy groups -OCH3 is 1. The molecule has 76 valence electrons. The van der Waals surface area contributed by atoms with Gasteiger partial charge in [0.1, 0.15) is 6.61 Å². The molecule has 1 rings (SSSR count). The zero-order valence-corrected chi connectivity index (χ0v) is 8.38. The first-order valence-corrected chi connectivity index (χ1v) is 4.70. The van der Waals surface area contributed by atoms with Gasteiger partial charge in [0, 0.05) is 26.2 Å². The van der Waals surface area contributed by atoms with Crippen molar-refractivity contribution < 1.29 is 9.53 Å². The molecule has 1 fully saturated rings. The summed E-state index contributed by atoms with van der Waals surface area (Å²) < 4.78 is 4.70. The molecule has 4 heteroatoms. The van der Waals surface area contributed by atoms with Crippen LogP contribution >= 0.6 is 0 Å². The van der Waals surface area contributed by atoms with Gasteiger partial charge in [0.25, 0.3) is 0 Å². The predicted octanol–water partition coefficient (Wildman–Crippen LogP) is -0.157. The van der Waals surface area contributed by atoms with Gasteiger partial charge >= 0.3 is 0 Å². The molecule has 0 heterocycles. The molecule has 0 aliphatic heterocycles. The van der Waals surface area contributed by atoms with E-state index < -0.39 is 0 Å².